The molecule has 0 atom stereocenters. The van der Waals surface area contributed by atoms with E-state index in [0.717, 1.165) is 26.9 Å². The number of aliphatic imine (C=N–C) groups is 1. The maximum atomic E-state index is 10.1. The molecule has 1 aromatic rings. The first-order chi connectivity index (χ1) is 7.11. The van der Waals surface area contributed by atoms with Gasteiger partial charge in [-0.15, -0.1) is 0 Å². The predicted octanol–water partition coefficient (Wildman–Crippen LogP) is 2.91. The van der Waals surface area contributed by atoms with Crippen molar-refractivity contribution in [3.05, 3.63) is 27.2 Å². The summed E-state index contributed by atoms with van der Waals surface area (Å²) < 4.78 is 6.21. The van der Waals surface area contributed by atoms with Crippen molar-refractivity contribution in [3.8, 4) is 5.75 Å². The highest BCUT2D eigenvalue weighted by molar-refractivity contribution is 9.10. The number of nitrogens with zero attached hydrogens (tertiary/aromatic N) is 1. The highest BCUT2D eigenvalue weighted by atomic mass is 79.9. The first-order valence-corrected chi connectivity index (χ1v) is 5.27. The lowest BCUT2D eigenvalue weighted by molar-refractivity contribution is 0.406. The Morgan fingerprint density at radius 1 is 1.47 bits per heavy atom. The maximum absolute atomic E-state index is 10.1. The van der Waals surface area contributed by atoms with Crippen LogP contribution in [0.15, 0.2) is 15.5 Å². The number of isocyanates is 1. The van der Waals surface area contributed by atoms with E-state index in [0.29, 0.717) is 6.54 Å². The quantitative estimate of drug-likeness (QED) is 0.625. The third-order valence-electron chi connectivity index (χ3n) is 2.23. The number of aryl methyl sites for hydroxylation is 2. The number of carbonyl (C=O) groups excluding carboxylic acids is 1. The van der Waals surface area contributed by atoms with Gasteiger partial charge in [-0.1, -0.05) is 6.07 Å². The lowest BCUT2D eigenvalue weighted by Gasteiger charge is -2.13. The van der Waals surface area contributed by atoms with Crippen LogP contribution in [0.2, 0.25) is 0 Å². The second-order valence-corrected chi connectivity index (χ2v) is 4.04. The topological polar surface area (TPSA) is 38.7 Å². The third kappa shape index (κ3) is 2.46. The van der Waals surface area contributed by atoms with Crippen molar-refractivity contribution < 1.29 is 9.53 Å². The van der Waals surface area contributed by atoms with Crippen LogP contribution in [0.5, 0.6) is 5.75 Å². The second-order valence-electron chi connectivity index (χ2n) is 3.24. The Morgan fingerprint density at radius 3 is 2.67 bits per heavy atom. The van der Waals surface area contributed by atoms with E-state index in [2.05, 4.69) is 20.9 Å². The fourth-order valence-corrected chi connectivity index (χ4v) is 2.00. The lowest BCUT2D eigenvalue weighted by Crippen LogP contribution is -1.97. The maximum Gasteiger partial charge on any atom is 0.235 e. The van der Waals surface area contributed by atoms with E-state index in [1.165, 1.54) is 6.08 Å². The molecule has 4 heteroatoms. The van der Waals surface area contributed by atoms with Crippen LogP contribution < -0.4 is 4.74 Å². The van der Waals surface area contributed by atoms with Gasteiger partial charge in [-0.2, -0.15) is 0 Å². The summed E-state index contributed by atoms with van der Waals surface area (Å²) in [6.07, 6.45) is 1.53. The van der Waals surface area contributed by atoms with E-state index in [9.17, 15) is 4.79 Å². The molecule has 0 aliphatic heterocycles. The van der Waals surface area contributed by atoms with E-state index in [1.807, 2.05) is 19.9 Å². The monoisotopic (exact) mass is 269 g/mol. The third-order valence-corrected chi connectivity index (χ3v) is 3.22. The van der Waals surface area contributed by atoms with Gasteiger partial charge in [0.1, 0.15) is 5.75 Å². The van der Waals surface area contributed by atoms with Crippen LogP contribution in [-0.4, -0.2) is 13.2 Å². The standard InChI is InChI=1S/C11H12BrNO2/c1-7-4-8(2)10(12)11(15-3)9(7)5-13-6-14/h4H,5H2,1-3H3. The minimum Gasteiger partial charge on any atom is -0.495 e. The second kappa shape index (κ2) is 5.10. The Morgan fingerprint density at radius 2 is 2.13 bits per heavy atom. The summed E-state index contributed by atoms with van der Waals surface area (Å²) >= 11 is 3.45. The van der Waals surface area contributed by atoms with Gasteiger partial charge in [0.15, 0.2) is 0 Å². The van der Waals surface area contributed by atoms with Crippen LogP contribution in [0.25, 0.3) is 0 Å². The van der Waals surface area contributed by atoms with Gasteiger partial charge in [-0.3, -0.25) is 0 Å². The normalized spacial score (nSPS) is 9.60. The molecule has 0 bridgehead atoms. The molecule has 0 spiro atoms. The van der Waals surface area contributed by atoms with Crippen molar-refractivity contribution in [2.45, 2.75) is 20.4 Å². The molecule has 0 radical (unpaired) electrons. The van der Waals surface area contributed by atoms with Crippen LogP contribution in [0.4, 0.5) is 0 Å². The zero-order valence-electron chi connectivity index (χ0n) is 8.93. The van der Waals surface area contributed by atoms with Gasteiger partial charge in [0.05, 0.1) is 18.1 Å². The largest absolute Gasteiger partial charge is 0.495 e. The van der Waals surface area contributed by atoms with Gasteiger partial charge in [0.25, 0.3) is 0 Å². The molecule has 0 saturated carbocycles. The molecular weight excluding hydrogens is 258 g/mol. The first-order valence-electron chi connectivity index (χ1n) is 4.48. The molecule has 0 amide bonds. The van der Waals surface area contributed by atoms with Crippen LogP contribution in [0, 0.1) is 13.8 Å². The molecule has 1 aromatic carbocycles. The smallest absolute Gasteiger partial charge is 0.235 e. The zero-order valence-corrected chi connectivity index (χ0v) is 10.5. The van der Waals surface area contributed by atoms with Crippen molar-refractivity contribution >= 4 is 22.0 Å². The van der Waals surface area contributed by atoms with Crippen molar-refractivity contribution in [2.24, 2.45) is 4.99 Å². The molecule has 0 heterocycles. The average molecular weight is 270 g/mol. The fourth-order valence-electron chi connectivity index (χ4n) is 1.49. The summed E-state index contributed by atoms with van der Waals surface area (Å²) in [5.74, 6) is 0.742. The van der Waals surface area contributed by atoms with E-state index < -0.39 is 0 Å². The average Bonchev–Trinajstić information content (AvgIpc) is 2.21. The van der Waals surface area contributed by atoms with E-state index in [4.69, 9.17) is 4.74 Å². The molecule has 0 aliphatic carbocycles. The van der Waals surface area contributed by atoms with Crippen molar-refractivity contribution in [1.82, 2.24) is 0 Å². The number of hydrogen-bond donors (Lipinski definition) is 0. The van der Waals surface area contributed by atoms with Crippen LogP contribution in [-0.2, 0) is 11.3 Å². The first kappa shape index (κ1) is 12.0. The Hall–Kier alpha value is -1.12. The molecule has 0 unspecified atom stereocenters. The summed E-state index contributed by atoms with van der Waals surface area (Å²) in [7, 11) is 1.60. The molecular formula is C11H12BrNO2. The Kier molecular flexibility index (Phi) is 4.06. The molecule has 1 rings (SSSR count). The number of hydrogen-bond acceptors (Lipinski definition) is 3. The highest BCUT2D eigenvalue weighted by Crippen LogP contribution is 2.34. The Balaban J connectivity index is 3.34. The van der Waals surface area contributed by atoms with E-state index in [1.54, 1.807) is 7.11 Å². The van der Waals surface area contributed by atoms with Gasteiger partial charge >= 0.3 is 0 Å². The number of halogens is 1. The predicted molar refractivity (Wildman–Crippen MR) is 62.0 cm³/mol. The summed E-state index contributed by atoms with van der Waals surface area (Å²) in [6.45, 7) is 4.27. The summed E-state index contributed by atoms with van der Waals surface area (Å²) in [6, 6.07) is 2.03. The van der Waals surface area contributed by atoms with Crippen molar-refractivity contribution in [2.75, 3.05) is 7.11 Å². The van der Waals surface area contributed by atoms with Crippen LogP contribution in [0.1, 0.15) is 16.7 Å². The molecule has 0 fully saturated rings. The number of benzene rings is 1. The number of ether oxygens (including phenoxy) is 1. The van der Waals surface area contributed by atoms with Crippen LogP contribution >= 0.6 is 15.9 Å². The minimum atomic E-state index is 0.303. The van der Waals surface area contributed by atoms with Crippen LogP contribution in [0.3, 0.4) is 0 Å². The summed E-state index contributed by atoms with van der Waals surface area (Å²) in [4.78, 5) is 13.7. The molecule has 80 valence electrons. The highest BCUT2D eigenvalue weighted by Gasteiger charge is 2.12. The molecule has 3 nitrogen and oxygen atoms in total. The molecule has 0 aromatic heterocycles. The SMILES string of the molecule is COc1c(Br)c(C)cc(C)c1CN=C=O. The van der Waals surface area contributed by atoms with Gasteiger partial charge in [-0.25, -0.2) is 9.79 Å². The fraction of sp³-hybridized carbons (Fsp3) is 0.364. The van der Waals surface area contributed by atoms with Gasteiger partial charge in [-0.05, 0) is 40.9 Å². The lowest BCUT2D eigenvalue weighted by atomic mass is 10.0. The Labute approximate surface area is 97.3 Å². The molecule has 0 aliphatic rings. The van der Waals surface area contributed by atoms with Crippen molar-refractivity contribution in [1.29, 1.82) is 0 Å². The van der Waals surface area contributed by atoms with E-state index >= 15 is 0 Å². The minimum absolute atomic E-state index is 0.303. The van der Waals surface area contributed by atoms with Gasteiger partial charge in [0, 0.05) is 5.56 Å². The molecule has 15 heavy (non-hydrogen) atoms. The summed E-state index contributed by atoms with van der Waals surface area (Å²) in [5.41, 5.74) is 3.08. The molecule has 0 saturated heterocycles. The summed E-state index contributed by atoms with van der Waals surface area (Å²) in [5, 5.41) is 0. The number of rotatable bonds is 3. The Bertz CT molecular complexity index is 423. The van der Waals surface area contributed by atoms with E-state index in [-0.39, 0.29) is 0 Å². The van der Waals surface area contributed by atoms with Gasteiger partial charge < -0.3 is 4.74 Å². The number of methoxy groups -OCH3 is 1. The molecule has 0 N–H and O–H groups in total. The van der Waals surface area contributed by atoms with Crippen molar-refractivity contribution in [3.63, 3.8) is 0 Å². The van der Waals surface area contributed by atoms with Gasteiger partial charge in [0.2, 0.25) is 6.08 Å². The zero-order chi connectivity index (χ0) is 11.4.